The van der Waals surface area contributed by atoms with Crippen molar-refractivity contribution in [3.05, 3.63) is 64.7 Å². The molecule has 2 aromatic rings. The molecule has 4 saturated carbocycles. The predicted molar refractivity (Wildman–Crippen MR) is 144 cm³/mol. The van der Waals surface area contributed by atoms with Crippen molar-refractivity contribution in [1.82, 2.24) is 4.90 Å². The van der Waals surface area contributed by atoms with Gasteiger partial charge in [-0.25, -0.2) is 0 Å². The highest BCUT2D eigenvalue weighted by molar-refractivity contribution is 5.61. The second kappa shape index (κ2) is 7.61. The molecular formula is C33H41NO3. The van der Waals surface area contributed by atoms with Gasteiger partial charge in [-0.1, -0.05) is 49.4 Å². The van der Waals surface area contributed by atoms with Crippen LogP contribution >= 0.6 is 0 Å². The third-order valence-corrected chi connectivity index (χ3v) is 11.9. The van der Waals surface area contributed by atoms with Gasteiger partial charge < -0.3 is 14.2 Å². The Morgan fingerprint density at radius 1 is 1.05 bits per heavy atom. The average molecular weight is 500 g/mol. The van der Waals surface area contributed by atoms with E-state index in [-0.39, 0.29) is 27.9 Å². The molecule has 2 spiro atoms. The molecular weight excluding hydrogens is 458 g/mol. The van der Waals surface area contributed by atoms with Crippen molar-refractivity contribution in [3.8, 4) is 5.75 Å². The number of rotatable bonds is 7. The van der Waals surface area contributed by atoms with Gasteiger partial charge in [0.15, 0.2) is 0 Å². The lowest BCUT2D eigenvalue weighted by molar-refractivity contribution is -0.314. The Kier molecular flexibility index (Phi) is 4.74. The molecule has 37 heavy (non-hydrogen) atoms. The van der Waals surface area contributed by atoms with Gasteiger partial charge >= 0.3 is 0 Å². The van der Waals surface area contributed by atoms with Gasteiger partial charge in [0.25, 0.3) is 0 Å². The van der Waals surface area contributed by atoms with Gasteiger partial charge in [-0.15, -0.1) is 0 Å². The van der Waals surface area contributed by atoms with Crippen molar-refractivity contribution >= 4 is 0 Å². The first-order valence-electron chi connectivity index (χ1n) is 14.7. The summed E-state index contributed by atoms with van der Waals surface area (Å²) in [6, 6.07) is 15.9. The minimum atomic E-state index is -0.339. The fourth-order valence-electron chi connectivity index (χ4n) is 10.3. The van der Waals surface area contributed by atoms with E-state index in [1.165, 1.54) is 68.5 Å². The van der Waals surface area contributed by atoms with Crippen molar-refractivity contribution < 1.29 is 14.2 Å². The molecule has 4 heteroatoms. The number of piperidine rings is 1. The summed E-state index contributed by atoms with van der Waals surface area (Å²) in [5.74, 6) is 2.11. The van der Waals surface area contributed by atoms with Gasteiger partial charge in [-0.2, -0.15) is 0 Å². The lowest BCUT2D eigenvalue weighted by Gasteiger charge is -2.76. The first-order chi connectivity index (χ1) is 18.0. The molecule has 2 aliphatic heterocycles. The number of fused-ring (bicyclic) bond motifs is 2. The Morgan fingerprint density at radius 2 is 1.89 bits per heavy atom. The molecule has 0 radical (unpaired) electrons. The van der Waals surface area contributed by atoms with Gasteiger partial charge in [-0.05, 0) is 81.0 Å². The molecule has 6 atom stereocenters. The van der Waals surface area contributed by atoms with E-state index in [1.807, 2.05) is 7.11 Å². The van der Waals surface area contributed by atoms with Crippen LogP contribution in [-0.4, -0.2) is 49.5 Å². The van der Waals surface area contributed by atoms with E-state index in [9.17, 15) is 0 Å². The lowest BCUT2D eigenvalue weighted by Crippen LogP contribution is -2.83. The lowest BCUT2D eigenvalue weighted by atomic mass is 9.32. The molecule has 5 aliphatic carbocycles. The number of aryl methyl sites for hydroxylation is 1. The quantitative estimate of drug-likeness (QED) is 0.480. The van der Waals surface area contributed by atoms with Crippen molar-refractivity contribution in [3.63, 3.8) is 0 Å². The number of benzene rings is 2. The van der Waals surface area contributed by atoms with E-state index in [1.54, 1.807) is 11.1 Å². The van der Waals surface area contributed by atoms with E-state index >= 15 is 0 Å². The van der Waals surface area contributed by atoms with Crippen molar-refractivity contribution in [2.24, 2.45) is 16.7 Å². The molecule has 2 heterocycles. The molecule has 0 N–H and O–H groups in total. The Morgan fingerprint density at radius 3 is 2.68 bits per heavy atom. The van der Waals surface area contributed by atoms with Crippen LogP contribution in [0.5, 0.6) is 5.75 Å². The standard InChI is InChI=1S/C33H41NO3/c1-22-9-12-25-17-26-31-13-14-33(35-3,30(2,20-31)21-36-19-24-7-5-4-6-8-24)29-32(31,27(25)28(22)37-29)15-16-34(26)18-23-10-11-23/h4-9,12,23,26,29H,10-11,13-21H2,1-3H3/t26-,29?,30-,31-,32+,33+/m1/s1. The van der Waals surface area contributed by atoms with Crippen LogP contribution in [0.15, 0.2) is 42.5 Å². The zero-order valence-electron chi connectivity index (χ0n) is 22.7. The summed E-state index contributed by atoms with van der Waals surface area (Å²) in [7, 11) is 1.95. The first kappa shape index (κ1) is 23.0. The number of nitrogens with zero attached hydrogens (tertiary/aromatic N) is 1. The summed E-state index contributed by atoms with van der Waals surface area (Å²) < 4.78 is 20.5. The van der Waals surface area contributed by atoms with Crippen LogP contribution in [-0.2, 0) is 27.9 Å². The van der Waals surface area contributed by atoms with Crippen LogP contribution < -0.4 is 4.74 Å². The summed E-state index contributed by atoms with van der Waals surface area (Å²) in [5.41, 5.74) is 5.52. The molecule has 0 aromatic heterocycles. The number of hydrogen-bond acceptors (Lipinski definition) is 4. The maximum Gasteiger partial charge on any atom is 0.139 e. The van der Waals surface area contributed by atoms with Crippen molar-refractivity contribution in [2.75, 3.05) is 26.8 Å². The average Bonchev–Trinajstić information content (AvgIpc) is 3.64. The Balaban J connectivity index is 1.25. The number of hydrogen-bond donors (Lipinski definition) is 0. The molecule has 5 fully saturated rings. The monoisotopic (exact) mass is 499 g/mol. The largest absolute Gasteiger partial charge is 0.486 e. The molecule has 0 amide bonds. The summed E-state index contributed by atoms with van der Waals surface area (Å²) in [6.45, 7) is 8.57. The topological polar surface area (TPSA) is 30.9 Å². The van der Waals surface area contributed by atoms with Gasteiger partial charge in [0, 0.05) is 41.5 Å². The van der Waals surface area contributed by atoms with Gasteiger partial charge in [-0.3, -0.25) is 4.90 Å². The molecule has 1 unspecified atom stereocenters. The zero-order chi connectivity index (χ0) is 25.0. The van der Waals surface area contributed by atoms with E-state index < -0.39 is 0 Å². The Bertz CT molecular complexity index is 1240. The maximum absolute atomic E-state index is 7.22. The fraction of sp³-hybridized carbons (Fsp3) is 0.636. The predicted octanol–water partition coefficient (Wildman–Crippen LogP) is 5.83. The highest BCUT2D eigenvalue weighted by atomic mass is 16.6. The third kappa shape index (κ3) is 2.75. The number of ether oxygens (including phenoxy) is 3. The second-order valence-electron chi connectivity index (χ2n) is 13.6. The second-order valence-corrected chi connectivity index (χ2v) is 13.6. The normalized spacial score (nSPS) is 40.9. The number of methoxy groups -OCH3 is 1. The Hall–Kier alpha value is -1.88. The van der Waals surface area contributed by atoms with Gasteiger partial charge in [0.05, 0.1) is 13.2 Å². The molecule has 7 aliphatic rings. The molecule has 1 saturated heterocycles. The fourth-order valence-corrected chi connectivity index (χ4v) is 10.3. The minimum Gasteiger partial charge on any atom is -0.486 e. The number of likely N-dealkylation sites (tertiary alicyclic amines) is 1. The van der Waals surface area contributed by atoms with Crippen LogP contribution in [0.25, 0.3) is 0 Å². The highest BCUT2D eigenvalue weighted by Gasteiger charge is 2.82. The van der Waals surface area contributed by atoms with E-state index in [0.717, 1.165) is 12.3 Å². The smallest absolute Gasteiger partial charge is 0.139 e. The van der Waals surface area contributed by atoms with Gasteiger partial charge in [0.2, 0.25) is 0 Å². The molecule has 9 rings (SSSR count). The summed E-state index contributed by atoms with van der Waals surface area (Å²) in [6.07, 6.45) is 8.77. The van der Waals surface area contributed by atoms with Crippen LogP contribution in [0, 0.1) is 23.7 Å². The molecule has 4 bridgehead atoms. The summed E-state index contributed by atoms with van der Waals surface area (Å²) in [5, 5.41) is 0. The van der Waals surface area contributed by atoms with E-state index in [4.69, 9.17) is 14.2 Å². The van der Waals surface area contributed by atoms with Crippen molar-refractivity contribution in [1.29, 1.82) is 0 Å². The minimum absolute atomic E-state index is 0.0681. The maximum atomic E-state index is 7.22. The third-order valence-electron chi connectivity index (χ3n) is 11.9. The van der Waals surface area contributed by atoms with Crippen LogP contribution in [0.1, 0.15) is 67.7 Å². The first-order valence-corrected chi connectivity index (χ1v) is 14.7. The Labute approximate surface area is 221 Å². The highest BCUT2D eigenvalue weighted by Crippen LogP contribution is 2.78. The zero-order valence-corrected chi connectivity index (χ0v) is 22.7. The SMILES string of the molecule is CO[C@]12CC[C@@]3(C[C@]1(C)COCc1ccccc1)[C@H]1Cc4ccc(C)c5c4[C@@]3(CCN1CC1CC1)C2O5. The van der Waals surface area contributed by atoms with Crippen LogP contribution in [0.2, 0.25) is 0 Å². The molecule has 4 nitrogen and oxygen atoms in total. The van der Waals surface area contributed by atoms with Crippen LogP contribution in [0.3, 0.4) is 0 Å². The van der Waals surface area contributed by atoms with Gasteiger partial charge in [0.1, 0.15) is 17.5 Å². The molecule has 196 valence electrons. The van der Waals surface area contributed by atoms with Crippen molar-refractivity contribution in [2.45, 2.75) is 88.6 Å². The van der Waals surface area contributed by atoms with E-state index in [0.29, 0.717) is 19.3 Å². The summed E-state index contributed by atoms with van der Waals surface area (Å²) in [4.78, 5) is 2.93. The van der Waals surface area contributed by atoms with E-state index in [2.05, 4.69) is 61.2 Å². The summed E-state index contributed by atoms with van der Waals surface area (Å²) >= 11 is 0. The van der Waals surface area contributed by atoms with Crippen LogP contribution in [0.4, 0.5) is 0 Å². The molecule has 2 aromatic carbocycles.